The number of benzene rings is 1. The number of aryl methyl sites for hydroxylation is 1. The van der Waals surface area contributed by atoms with Gasteiger partial charge in [-0.15, -0.1) is 15.3 Å². The minimum absolute atomic E-state index is 0.137. The van der Waals surface area contributed by atoms with Crippen LogP contribution < -0.4 is 5.32 Å². The fraction of sp³-hybridized carbons (Fsp3) is 0.167. The van der Waals surface area contributed by atoms with Crippen LogP contribution in [0.3, 0.4) is 0 Å². The summed E-state index contributed by atoms with van der Waals surface area (Å²) in [5.74, 6) is 0.750. The SMILES string of the molecule is O=C(NCCCc1nnc2ccccn12)c1ccccc1-n1ccnn1. The van der Waals surface area contributed by atoms with Crippen LogP contribution in [0.4, 0.5) is 0 Å². The van der Waals surface area contributed by atoms with Crippen molar-refractivity contribution in [3.8, 4) is 5.69 Å². The molecule has 0 saturated carbocycles. The summed E-state index contributed by atoms with van der Waals surface area (Å²) in [5, 5.41) is 19.0. The van der Waals surface area contributed by atoms with Crippen LogP contribution in [-0.4, -0.2) is 42.0 Å². The molecule has 1 aromatic carbocycles. The first-order valence-corrected chi connectivity index (χ1v) is 8.35. The van der Waals surface area contributed by atoms with Gasteiger partial charge in [0.15, 0.2) is 5.65 Å². The summed E-state index contributed by atoms with van der Waals surface area (Å²) >= 11 is 0. The van der Waals surface area contributed by atoms with Crippen LogP contribution in [0.2, 0.25) is 0 Å². The molecule has 1 amide bonds. The Morgan fingerprint density at radius 3 is 2.81 bits per heavy atom. The second kappa shape index (κ2) is 7.14. The van der Waals surface area contributed by atoms with Gasteiger partial charge in [0.25, 0.3) is 5.91 Å². The van der Waals surface area contributed by atoms with E-state index in [1.807, 2.05) is 47.0 Å². The predicted molar refractivity (Wildman–Crippen MR) is 95.0 cm³/mol. The highest BCUT2D eigenvalue weighted by atomic mass is 16.1. The van der Waals surface area contributed by atoms with Gasteiger partial charge in [-0.25, -0.2) is 4.68 Å². The van der Waals surface area contributed by atoms with E-state index >= 15 is 0 Å². The highest BCUT2D eigenvalue weighted by Gasteiger charge is 2.12. The fourth-order valence-electron chi connectivity index (χ4n) is 2.81. The number of pyridine rings is 1. The molecule has 0 bridgehead atoms. The van der Waals surface area contributed by atoms with E-state index in [0.29, 0.717) is 17.8 Å². The maximum Gasteiger partial charge on any atom is 0.253 e. The number of hydrogen-bond acceptors (Lipinski definition) is 5. The third-order valence-corrected chi connectivity index (χ3v) is 4.07. The zero-order valence-electron chi connectivity index (χ0n) is 14.0. The van der Waals surface area contributed by atoms with Gasteiger partial charge in [-0.1, -0.05) is 23.4 Å². The summed E-state index contributed by atoms with van der Waals surface area (Å²) in [4.78, 5) is 12.5. The molecular formula is C18H17N7O. The Morgan fingerprint density at radius 2 is 1.92 bits per heavy atom. The van der Waals surface area contributed by atoms with Crippen molar-refractivity contribution >= 4 is 11.6 Å². The van der Waals surface area contributed by atoms with Crippen molar-refractivity contribution in [2.24, 2.45) is 0 Å². The smallest absolute Gasteiger partial charge is 0.253 e. The highest BCUT2D eigenvalue weighted by Crippen LogP contribution is 2.13. The van der Waals surface area contributed by atoms with Crippen LogP contribution in [0.25, 0.3) is 11.3 Å². The molecule has 0 atom stereocenters. The van der Waals surface area contributed by atoms with Crippen molar-refractivity contribution in [2.45, 2.75) is 12.8 Å². The molecule has 4 rings (SSSR count). The van der Waals surface area contributed by atoms with Gasteiger partial charge in [-0.3, -0.25) is 9.20 Å². The van der Waals surface area contributed by atoms with E-state index in [1.165, 1.54) is 0 Å². The molecular weight excluding hydrogens is 330 g/mol. The van der Waals surface area contributed by atoms with Gasteiger partial charge < -0.3 is 5.32 Å². The van der Waals surface area contributed by atoms with Gasteiger partial charge in [0.2, 0.25) is 0 Å². The summed E-state index contributed by atoms with van der Waals surface area (Å²) in [6, 6.07) is 13.1. The van der Waals surface area contributed by atoms with Gasteiger partial charge in [-0.2, -0.15) is 0 Å². The Hall–Kier alpha value is -3.55. The molecule has 0 radical (unpaired) electrons. The number of hydrogen-bond donors (Lipinski definition) is 1. The molecule has 8 nitrogen and oxygen atoms in total. The fourth-order valence-corrected chi connectivity index (χ4v) is 2.81. The Labute approximate surface area is 149 Å². The lowest BCUT2D eigenvalue weighted by molar-refractivity contribution is 0.0953. The summed E-state index contributed by atoms with van der Waals surface area (Å²) < 4.78 is 3.54. The Kier molecular flexibility index (Phi) is 4.38. The lowest BCUT2D eigenvalue weighted by Gasteiger charge is -2.09. The third kappa shape index (κ3) is 3.16. The van der Waals surface area contributed by atoms with Crippen LogP contribution in [0.5, 0.6) is 0 Å². The highest BCUT2D eigenvalue weighted by molar-refractivity contribution is 5.97. The molecule has 3 heterocycles. The Bertz CT molecular complexity index is 1020. The molecule has 0 fully saturated rings. The summed E-state index contributed by atoms with van der Waals surface area (Å²) in [6.07, 6.45) is 6.74. The summed E-state index contributed by atoms with van der Waals surface area (Å²) in [6.45, 7) is 0.548. The van der Waals surface area contributed by atoms with E-state index in [0.717, 1.165) is 24.3 Å². The first-order chi connectivity index (χ1) is 12.8. The Morgan fingerprint density at radius 1 is 1.04 bits per heavy atom. The molecule has 0 unspecified atom stereocenters. The molecule has 8 heteroatoms. The molecule has 26 heavy (non-hydrogen) atoms. The summed E-state index contributed by atoms with van der Waals surface area (Å²) in [5.41, 5.74) is 2.09. The van der Waals surface area contributed by atoms with Crippen molar-refractivity contribution in [2.75, 3.05) is 6.54 Å². The van der Waals surface area contributed by atoms with Gasteiger partial charge in [-0.05, 0) is 30.7 Å². The van der Waals surface area contributed by atoms with E-state index in [2.05, 4.69) is 25.8 Å². The van der Waals surface area contributed by atoms with Crippen molar-refractivity contribution in [1.82, 2.24) is 34.9 Å². The monoisotopic (exact) mass is 347 g/mol. The second-order valence-corrected chi connectivity index (χ2v) is 5.77. The lowest BCUT2D eigenvalue weighted by Crippen LogP contribution is -2.26. The van der Waals surface area contributed by atoms with E-state index in [-0.39, 0.29) is 5.91 Å². The van der Waals surface area contributed by atoms with Crippen molar-refractivity contribution in [3.05, 3.63) is 72.4 Å². The molecule has 130 valence electrons. The number of nitrogens with zero attached hydrogens (tertiary/aromatic N) is 6. The van der Waals surface area contributed by atoms with E-state index < -0.39 is 0 Å². The zero-order valence-corrected chi connectivity index (χ0v) is 14.0. The zero-order chi connectivity index (χ0) is 17.8. The largest absolute Gasteiger partial charge is 0.352 e. The first kappa shape index (κ1) is 15.9. The molecule has 1 N–H and O–H groups in total. The number of carbonyl (C=O) groups excluding carboxylic acids is 1. The number of amides is 1. The molecule has 3 aromatic heterocycles. The van der Waals surface area contributed by atoms with Crippen molar-refractivity contribution in [1.29, 1.82) is 0 Å². The quantitative estimate of drug-likeness (QED) is 0.536. The van der Waals surface area contributed by atoms with Crippen LogP contribution in [0.1, 0.15) is 22.6 Å². The molecule has 0 aliphatic heterocycles. The van der Waals surface area contributed by atoms with Gasteiger partial charge in [0.1, 0.15) is 5.82 Å². The van der Waals surface area contributed by atoms with E-state index in [9.17, 15) is 4.79 Å². The second-order valence-electron chi connectivity index (χ2n) is 5.77. The average molecular weight is 347 g/mol. The number of aromatic nitrogens is 6. The van der Waals surface area contributed by atoms with Gasteiger partial charge >= 0.3 is 0 Å². The number of fused-ring (bicyclic) bond motifs is 1. The van der Waals surface area contributed by atoms with E-state index in [1.54, 1.807) is 23.1 Å². The maximum absolute atomic E-state index is 12.5. The maximum atomic E-state index is 12.5. The summed E-state index contributed by atoms with van der Waals surface area (Å²) in [7, 11) is 0. The van der Waals surface area contributed by atoms with Crippen LogP contribution in [-0.2, 0) is 6.42 Å². The Balaban J connectivity index is 1.38. The third-order valence-electron chi connectivity index (χ3n) is 4.07. The number of nitrogens with one attached hydrogen (secondary N) is 1. The van der Waals surface area contributed by atoms with Gasteiger partial charge in [0.05, 0.1) is 23.6 Å². The minimum atomic E-state index is -0.137. The molecule has 0 saturated heterocycles. The number of carbonyl (C=O) groups is 1. The standard InChI is InChI=1S/C18H17N7O/c26-18(14-6-1-2-7-15(14)25-13-11-20-23-25)19-10-5-9-17-22-21-16-8-3-4-12-24(16)17/h1-4,6-8,11-13H,5,9-10H2,(H,19,26). The topological polar surface area (TPSA) is 90.0 Å². The number of rotatable bonds is 6. The minimum Gasteiger partial charge on any atom is -0.352 e. The molecule has 0 aliphatic rings. The first-order valence-electron chi connectivity index (χ1n) is 8.35. The van der Waals surface area contributed by atoms with E-state index in [4.69, 9.17) is 0 Å². The molecule has 0 spiro atoms. The van der Waals surface area contributed by atoms with Crippen LogP contribution >= 0.6 is 0 Å². The lowest BCUT2D eigenvalue weighted by atomic mass is 10.1. The normalized spacial score (nSPS) is 10.9. The average Bonchev–Trinajstić information content (AvgIpc) is 3.35. The predicted octanol–water partition coefficient (Wildman–Crippen LogP) is 1.67. The van der Waals surface area contributed by atoms with Crippen LogP contribution in [0.15, 0.2) is 61.1 Å². The van der Waals surface area contributed by atoms with Crippen molar-refractivity contribution < 1.29 is 4.79 Å². The van der Waals surface area contributed by atoms with Crippen molar-refractivity contribution in [3.63, 3.8) is 0 Å². The molecule has 0 aliphatic carbocycles. The number of para-hydroxylation sites is 1. The molecule has 4 aromatic rings. The van der Waals surface area contributed by atoms with Crippen LogP contribution in [0, 0.1) is 0 Å². The van der Waals surface area contributed by atoms with Gasteiger partial charge in [0, 0.05) is 19.2 Å².